The van der Waals surface area contributed by atoms with Crippen molar-refractivity contribution in [2.75, 3.05) is 40.1 Å². The maximum atomic E-state index is 14.8. The van der Waals surface area contributed by atoms with Crippen LogP contribution in [0.2, 0.25) is 15.5 Å². The molecule has 752 valence electrons. The Labute approximate surface area is 853 Å². The molecule has 6 aromatic carbocycles. The van der Waals surface area contributed by atoms with E-state index in [1.807, 2.05) is 88.4 Å². The molecule has 21 aromatic rings. The topological polar surface area (TPSA) is 446 Å². The fraction of sp³-hybridized carbons (Fsp3) is 0.202. The lowest BCUT2D eigenvalue weighted by Crippen LogP contribution is -2.20. The van der Waals surface area contributed by atoms with Gasteiger partial charge in [-0.1, -0.05) is 116 Å². The highest BCUT2D eigenvalue weighted by Crippen LogP contribution is 2.36. The van der Waals surface area contributed by atoms with E-state index in [1.165, 1.54) is 54.9 Å². The zero-order chi connectivity index (χ0) is 105. The van der Waals surface area contributed by atoms with Crippen molar-refractivity contribution in [3.05, 3.63) is 368 Å². The molecule has 0 saturated carbocycles. The number of oxime groups is 2. The van der Waals surface area contributed by atoms with Crippen molar-refractivity contribution >= 4 is 152 Å². The Hall–Kier alpha value is -16.9. The van der Waals surface area contributed by atoms with Gasteiger partial charge in [0.05, 0.1) is 65.9 Å². The van der Waals surface area contributed by atoms with Crippen LogP contribution in [0.25, 0.3) is 88.0 Å². The molecule has 35 nitrogen and oxygen atoms in total. The summed E-state index contributed by atoms with van der Waals surface area (Å²) in [5.74, 6) is -3.66. The molecule has 0 saturated heterocycles. The number of halogens is 9. The van der Waals surface area contributed by atoms with E-state index >= 15 is 0 Å². The molecular formula is C104H90Cl3F6N27O8. The van der Waals surface area contributed by atoms with Crippen molar-refractivity contribution in [2.45, 2.75) is 97.8 Å². The van der Waals surface area contributed by atoms with Gasteiger partial charge in [0, 0.05) is 148 Å². The van der Waals surface area contributed by atoms with Gasteiger partial charge in [-0.2, -0.15) is 38.5 Å². The van der Waals surface area contributed by atoms with Crippen LogP contribution in [0.5, 0.6) is 0 Å². The maximum absolute atomic E-state index is 14.8. The number of nitrogens with two attached hydrogens (primary N) is 1. The normalized spacial score (nSPS) is 12.7. The molecule has 0 amide bonds. The Kier molecular flexibility index (Phi) is 34.4. The minimum atomic E-state index is -0.621. The SMILES string of the molecule is C/C(=N\OCCO)c1ccc2nnc([C@@H](C)c3cc4cccnc4cc3F)n2n1.C/C(=N\OCCO)c1ccc2nnc([C@H](C)c3cc4cccnc4cc3F)n2n1.CC(=O)c1ccc2nnc(C(C)c3cc4cccnc4cc3F)n2n1.CC(C(=O)CN)c1cc2cccnc2cc1F.CC(c1cc2cccnc2cc1F)c1nnc2ccc(Cl)nn12.COC(=O)C(C)c1cc2cccnc2cc1F.Clc1ccc(Cl)nn1. The molecule has 0 bridgehead atoms. The van der Waals surface area contributed by atoms with Gasteiger partial charge in [-0.3, -0.25) is 44.3 Å². The summed E-state index contributed by atoms with van der Waals surface area (Å²) in [7, 11) is 1.29. The van der Waals surface area contributed by atoms with Crippen LogP contribution in [0.3, 0.4) is 0 Å². The van der Waals surface area contributed by atoms with Gasteiger partial charge in [0.1, 0.15) is 81.8 Å². The number of carbonyl (C=O) groups excluding carboxylic acids is 3. The highest BCUT2D eigenvalue weighted by atomic mass is 35.5. The summed E-state index contributed by atoms with van der Waals surface area (Å²) in [5.41, 5.74) is 16.2. The van der Waals surface area contributed by atoms with Crippen LogP contribution in [-0.2, 0) is 24.0 Å². The van der Waals surface area contributed by atoms with Crippen LogP contribution in [0, 0.1) is 34.9 Å². The van der Waals surface area contributed by atoms with Gasteiger partial charge < -0.3 is 30.4 Å². The third-order valence-electron chi connectivity index (χ3n) is 23.5. The zero-order valence-electron chi connectivity index (χ0n) is 80.5. The molecule has 0 aliphatic heterocycles. The maximum Gasteiger partial charge on any atom is 0.312 e. The molecule has 21 rings (SSSR count). The molecule has 0 fully saturated rings. The van der Waals surface area contributed by atoms with Crippen LogP contribution in [0.1, 0.15) is 176 Å². The lowest BCUT2D eigenvalue weighted by molar-refractivity contribution is -0.142. The van der Waals surface area contributed by atoms with E-state index in [0.717, 1.165) is 32.3 Å². The number of methoxy groups -OCH3 is 1. The van der Waals surface area contributed by atoms with E-state index in [0.29, 0.717) is 156 Å². The number of aliphatic hydroxyl groups is 2. The summed E-state index contributed by atoms with van der Waals surface area (Å²) < 4.78 is 97.1. The van der Waals surface area contributed by atoms with E-state index in [9.17, 15) is 40.7 Å². The smallest absolute Gasteiger partial charge is 0.312 e. The Morgan fingerprint density at radius 2 is 0.608 bits per heavy atom. The summed E-state index contributed by atoms with van der Waals surface area (Å²) >= 11 is 16.7. The average molecular weight is 2070 g/mol. The third-order valence-corrected chi connectivity index (χ3v) is 24.1. The number of Topliss-reactive ketones (excluding diaryl/α,β-unsaturated/α-hetero) is 2. The van der Waals surface area contributed by atoms with Crippen LogP contribution in [0.4, 0.5) is 26.3 Å². The van der Waals surface area contributed by atoms with E-state index in [1.54, 1.807) is 188 Å². The molecule has 15 aromatic heterocycles. The summed E-state index contributed by atoms with van der Waals surface area (Å²) in [6.07, 6.45) is 9.75. The summed E-state index contributed by atoms with van der Waals surface area (Å²) in [5, 5.41) is 89.2. The minimum absolute atomic E-state index is 0.0777. The van der Waals surface area contributed by atoms with Gasteiger partial charge >= 0.3 is 5.97 Å². The van der Waals surface area contributed by atoms with Gasteiger partial charge in [-0.05, 0) is 182 Å². The first kappa shape index (κ1) is 105. The Morgan fingerprint density at radius 1 is 0.345 bits per heavy atom. The second kappa shape index (κ2) is 48.2. The number of ether oxygens (including phenoxy) is 1. The third kappa shape index (κ3) is 24.7. The highest BCUT2D eigenvalue weighted by Gasteiger charge is 2.29. The summed E-state index contributed by atoms with van der Waals surface area (Å²) in [6.45, 7) is 15.5. The van der Waals surface area contributed by atoms with Gasteiger partial charge in [-0.25, -0.2) is 26.3 Å². The van der Waals surface area contributed by atoms with Crippen molar-refractivity contribution in [3.63, 3.8) is 0 Å². The molecule has 0 aliphatic carbocycles. The molecule has 44 heteroatoms. The van der Waals surface area contributed by atoms with E-state index in [-0.39, 0.29) is 85.6 Å². The fourth-order valence-corrected chi connectivity index (χ4v) is 15.8. The number of ketones is 2. The van der Waals surface area contributed by atoms with Crippen molar-refractivity contribution in [2.24, 2.45) is 16.0 Å². The van der Waals surface area contributed by atoms with Gasteiger partial charge in [0.25, 0.3) is 0 Å². The monoisotopic (exact) mass is 2060 g/mol. The van der Waals surface area contributed by atoms with Crippen molar-refractivity contribution < 1.29 is 65.4 Å². The number of pyridine rings is 6. The zero-order valence-corrected chi connectivity index (χ0v) is 82.8. The van der Waals surface area contributed by atoms with Crippen molar-refractivity contribution in [1.29, 1.82) is 0 Å². The number of hydrogen-bond acceptors (Lipinski definition) is 31. The van der Waals surface area contributed by atoms with Gasteiger partial charge in [0.2, 0.25) is 0 Å². The molecule has 0 radical (unpaired) electrons. The molecular weight excluding hydrogens is 1980 g/mol. The van der Waals surface area contributed by atoms with Crippen LogP contribution < -0.4 is 5.73 Å². The van der Waals surface area contributed by atoms with E-state index in [4.69, 9.17) is 60.4 Å². The van der Waals surface area contributed by atoms with Gasteiger partial charge in [-0.15, -0.1) is 51.0 Å². The number of aromatic nitrogens is 24. The van der Waals surface area contributed by atoms with Crippen LogP contribution in [-0.4, -0.2) is 199 Å². The number of fused-ring (bicyclic) bond motifs is 10. The van der Waals surface area contributed by atoms with Gasteiger partial charge in [0.15, 0.2) is 67.8 Å². The number of esters is 1. The Balaban J connectivity index is 0.000000132. The molecule has 4 unspecified atom stereocenters. The van der Waals surface area contributed by atoms with Crippen molar-refractivity contribution in [1.82, 2.24) is 119 Å². The summed E-state index contributed by atoms with van der Waals surface area (Å²) in [4.78, 5) is 69.3. The Morgan fingerprint density at radius 3 is 0.892 bits per heavy atom. The number of nitrogens with zero attached hydrogens (tertiary/aromatic N) is 26. The lowest BCUT2D eigenvalue weighted by atomic mass is 9.95. The predicted octanol–water partition coefficient (Wildman–Crippen LogP) is 18.6. The first-order chi connectivity index (χ1) is 71.4. The quantitative estimate of drug-likeness (QED) is 0.0142. The van der Waals surface area contributed by atoms with E-state index < -0.39 is 35.4 Å². The van der Waals surface area contributed by atoms with Crippen molar-refractivity contribution in [3.8, 4) is 0 Å². The number of carbonyl (C=O) groups is 3. The lowest BCUT2D eigenvalue weighted by Gasteiger charge is -2.12. The standard InChI is InChI=1S/2C20H19FN6O2.C18H14FN5O.C16H11ClFN5.C13H13FN2O.C13H12FNO2.C4H2Cl2N2/c2*1-12(15-10-14-4-3-7-22-18(14)11-16(15)21)20-24-23-19-6-5-17(25-27(19)20)13(2)26-29-9-8-28;1-10(13-8-12-4-3-7-20-16(12)9-14(13)19)18-22-21-17-6-5-15(11(2)25)23-24(17)18;1-9(16-21-20-15-5-4-14(17)22-23(15)16)11-7-10-3-2-6-19-13(10)8-12(11)18;1-8(13(17)7-15)10-5-9-3-2-4-16-12(9)6-11(10)14;1-8(13(16)17-2)10-6-9-4-3-5-15-12(9)7-11(10)14;5-3-1-2-4(6)8-7-3/h2*3-7,10-12,28H,8-9H2,1-2H3;3-10H,1-2H3;2-9H,1H3;2-6,8H,7,15H2,1H3;3-8H,1-2H3;1-2H/b2*26-13+;;;;;/t2*12-;;;;;/m10...../s1. The summed E-state index contributed by atoms with van der Waals surface area (Å²) in [6, 6.07) is 57.7. The second-order valence-electron chi connectivity index (χ2n) is 33.3. The molecule has 0 aliphatic rings. The average Bonchev–Trinajstić information content (AvgIpc) is 1.61. The molecule has 148 heavy (non-hydrogen) atoms. The van der Waals surface area contributed by atoms with Crippen LogP contribution >= 0.6 is 34.8 Å². The number of hydrogen-bond donors (Lipinski definition) is 3. The Bertz CT molecular complexity index is 8200. The minimum Gasteiger partial charge on any atom is -0.469 e. The number of rotatable bonds is 22. The largest absolute Gasteiger partial charge is 0.469 e. The first-order valence-electron chi connectivity index (χ1n) is 45.7. The highest BCUT2D eigenvalue weighted by molar-refractivity contribution is 6.31. The molecule has 0 spiro atoms. The molecule has 6 atom stereocenters. The fourth-order valence-electron chi connectivity index (χ4n) is 15.5. The van der Waals surface area contributed by atoms with Crippen LogP contribution in [0.15, 0.2) is 254 Å². The number of aliphatic hydroxyl groups excluding tert-OH is 2. The second-order valence-corrected chi connectivity index (χ2v) is 34.4. The molecule has 4 N–H and O–H groups in total. The predicted molar refractivity (Wildman–Crippen MR) is 544 cm³/mol. The number of benzene rings is 6. The first-order valence-corrected chi connectivity index (χ1v) is 46.8. The molecule has 15 heterocycles. The van der Waals surface area contributed by atoms with E-state index in [2.05, 4.69) is 116 Å².